The first-order chi connectivity index (χ1) is 12.1. The highest BCUT2D eigenvalue weighted by Crippen LogP contribution is 2.22. The van der Waals surface area contributed by atoms with Crippen LogP contribution in [-0.2, 0) is 17.7 Å². The minimum Gasteiger partial charge on any atom is -0.453 e. The molecule has 2 amide bonds. The van der Waals surface area contributed by atoms with Crippen LogP contribution >= 0.6 is 0 Å². The third-order valence-electron chi connectivity index (χ3n) is 4.65. The zero-order chi connectivity index (χ0) is 18.2. The molecule has 7 heteroatoms. The summed E-state index contributed by atoms with van der Waals surface area (Å²) in [5, 5.41) is 2.99. The number of nitrogens with zero attached hydrogens (tertiary/aromatic N) is 3. The molecule has 0 aliphatic carbocycles. The molecule has 0 atom stereocenters. The molecule has 0 spiro atoms. The summed E-state index contributed by atoms with van der Waals surface area (Å²) in [6, 6.07) is 0. The summed E-state index contributed by atoms with van der Waals surface area (Å²) >= 11 is 0. The Morgan fingerprint density at radius 3 is 2.76 bits per heavy atom. The van der Waals surface area contributed by atoms with Gasteiger partial charge in [-0.05, 0) is 43.6 Å². The first-order valence-electron chi connectivity index (χ1n) is 8.89. The average Bonchev–Trinajstić information content (AvgIpc) is 2.66. The Labute approximate surface area is 149 Å². The summed E-state index contributed by atoms with van der Waals surface area (Å²) in [4.78, 5) is 32.3. The second-order valence-corrected chi connectivity index (χ2v) is 6.10. The van der Waals surface area contributed by atoms with Gasteiger partial charge in [0.1, 0.15) is 0 Å². The summed E-state index contributed by atoms with van der Waals surface area (Å²) in [5.41, 5.74) is 2.51. The number of nitrogens with one attached hydrogen (secondary N) is 1. The standard InChI is InChI=1S/C18H28N4O3/c1-4-21(5-2)9-6-8-20-17(23)16-12-19-11-14-13-22(18(24)25-3)10-7-15(14)16/h11-12H,4-10,13H2,1-3H3,(H,20,23). The van der Waals surface area contributed by atoms with Gasteiger partial charge in [0, 0.05) is 25.5 Å². The van der Waals surface area contributed by atoms with Crippen LogP contribution in [0.1, 0.15) is 41.8 Å². The third kappa shape index (κ3) is 4.92. The van der Waals surface area contributed by atoms with E-state index >= 15 is 0 Å². The number of aromatic nitrogens is 1. The number of amides is 2. The fourth-order valence-corrected chi connectivity index (χ4v) is 3.11. The van der Waals surface area contributed by atoms with Gasteiger partial charge in [-0.3, -0.25) is 9.78 Å². The van der Waals surface area contributed by atoms with Gasteiger partial charge in [0.2, 0.25) is 0 Å². The number of carbonyl (C=O) groups excluding carboxylic acids is 2. The number of hydrogen-bond donors (Lipinski definition) is 1. The number of ether oxygens (including phenoxy) is 1. The minimum atomic E-state index is -0.350. The van der Waals surface area contributed by atoms with Crippen molar-refractivity contribution < 1.29 is 14.3 Å². The van der Waals surface area contributed by atoms with Gasteiger partial charge in [0.05, 0.1) is 19.2 Å². The number of hydrogen-bond acceptors (Lipinski definition) is 5. The molecule has 7 nitrogen and oxygen atoms in total. The molecule has 138 valence electrons. The molecule has 1 aromatic heterocycles. The van der Waals surface area contributed by atoms with E-state index in [9.17, 15) is 9.59 Å². The van der Waals surface area contributed by atoms with Gasteiger partial charge in [0.15, 0.2) is 0 Å². The Kier molecular flexibility index (Phi) is 7.18. The van der Waals surface area contributed by atoms with Gasteiger partial charge >= 0.3 is 6.09 Å². The topological polar surface area (TPSA) is 74.8 Å². The van der Waals surface area contributed by atoms with E-state index < -0.39 is 0 Å². The first kappa shape index (κ1) is 19.2. The number of carbonyl (C=O) groups is 2. The van der Waals surface area contributed by atoms with Gasteiger partial charge in [-0.15, -0.1) is 0 Å². The van der Waals surface area contributed by atoms with Crippen molar-refractivity contribution in [2.45, 2.75) is 33.2 Å². The van der Waals surface area contributed by atoms with Crippen LogP contribution in [0.3, 0.4) is 0 Å². The maximum atomic E-state index is 12.5. The van der Waals surface area contributed by atoms with Crippen molar-refractivity contribution in [1.82, 2.24) is 20.1 Å². The summed E-state index contributed by atoms with van der Waals surface area (Å²) in [5.74, 6) is -0.0876. The van der Waals surface area contributed by atoms with Crippen molar-refractivity contribution in [2.24, 2.45) is 0 Å². The summed E-state index contributed by atoms with van der Waals surface area (Å²) in [6.45, 7) is 8.93. The molecule has 1 N–H and O–H groups in total. The Balaban J connectivity index is 1.94. The van der Waals surface area contributed by atoms with Crippen molar-refractivity contribution in [2.75, 3.05) is 39.8 Å². The quantitative estimate of drug-likeness (QED) is 0.759. The van der Waals surface area contributed by atoms with Gasteiger partial charge in [-0.25, -0.2) is 4.79 Å². The molecular weight excluding hydrogens is 320 g/mol. The van der Waals surface area contributed by atoms with E-state index in [-0.39, 0.29) is 12.0 Å². The van der Waals surface area contributed by atoms with E-state index in [1.807, 2.05) is 0 Å². The molecule has 0 bridgehead atoms. The smallest absolute Gasteiger partial charge is 0.409 e. The van der Waals surface area contributed by atoms with Crippen molar-refractivity contribution >= 4 is 12.0 Å². The highest BCUT2D eigenvalue weighted by Gasteiger charge is 2.25. The molecule has 0 radical (unpaired) electrons. The van der Waals surface area contributed by atoms with E-state index in [4.69, 9.17) is 4.74 Å². The Morgan fingerprint density at radius 2 is 2.08 bits per heavy atom. The molecular formula is C18H28N4O3. The molecule has 0 saturated heterocycles. The minimum absolute atomic E-state index is 0.0876. The molecule has 25 heavy (non-hydrogen) atoms. The molecule has 2 heterocycles. The van der Waals surface area contributed by atoms with E-state index in [1.54, 1.807) is 17.3 Å². The van der Waals surface area contributed by atoms with Crippen LogP contribution in [-0.4, -0.2) is 66.6 Å². The Morgan fingerprint density at radius 1 is 1.32 bits per heavy atom. The number of pyridine rings is 1. The van der Waals surface area contributed by atoms with Crippen molar-refractivity contribution in [1.29, 1.82) is 0 Å². The van der Waals surface area contributed by atoms with E-state index in [1.165, 1.54) is 7.11 Å². The maximum Gasteiger partial charge on any atom is 0.409 e. The normalized spacial score (nSPS) is 13.5. The van der Waals surface area contributed by atoms with Crippen LogP contribution in [0.5, 0.6) is 0 Å². The molecule has 1 aliphatic rings. The Bertz CT molecular complexity index is 602. The van der Waals surface area contributed by atoms with E-state index in [2.05, 4.69) is 29.0 Å². The highest BCUT2D eigenvalue weighted by atomic mass is 16.5. The SMILES string of the molecule is CCN(CC)CCCNC(=O)c1cncc2c1CCN(C(=O)OC)C2. The predicted molar refractivity (Wildman–Crippen MR) is 95.5 cm³/mol. The second kappa shape index (κ2) is 9.36. The summed E-state index contributed by atoms with van der Waals surface area (Å²) in [6.07, 6.45) is 4.55. The molecule has 1 aliphatic heterocycles. The van der Waals surface area contributed by atoms with Crippen LogP contribution in [0, 0.1) is 0 Å². The molecule has 0 aromatic carbocycles. The van der Waals surface area contributed by atoms with Gasteiger partial charge < -0.3 is 19.9 Å². The van der Waals surface area contributed by atoms with E-state index in [0.717, 1.165) is 37.2 Å². The molecule has 1 aromatic rings. The van der Waals surface area contributed by atoms with Crippen molar-refractivity contribution in [3.8, 4) is 0 Å². The molecule has 0 saturated carbocycles. The monoisotopic (exact) mass is 348 g/mol. The maximum absolute atomic E-state index is 12.5. The second-order valence-electron chi connectivity index (χ2n) is 6.10. The summed E-state index contributed by atoms with van der Waals surface area (Å²) in [7, 11) is 1.37. The lowest BCUT2D eigenvalue weighted by molar-refractivity contribution is 0.0949. The molecule has 0 fully saturated rings. The molecule has 0 unspecified atom stereocenters. The lowest BCUT2D eigenvalue weighted by Crippen LogP contribution is -2.37. The molecule has 2 rings (SSSR count). The average molecular weight is 348 g/mol. The Hall–Kier alpha value is -2.15. The van der Waals surface area contributed by atoms with Crippen LogP contribution < -0.4 is 5.32 Å². The van der Waals surface area contributed by atoms with Crippen LogP contribution in [0.15, 0.2) is 12.4 Å². The van der Waals surface area contributed by atoms with Gasteiger partial charge in [-0.2, -0.15) is 0 Å². The largest absolute Gasteiger partial charge is 0.453 e. The van der Waals surface area contributed by atoms with E-state index in [0.29, 0.717) is 31.6 Å². The zero-order valence-electron chi connectivity index (χ0n) is 15.4. The first-order valence-corrected chi connectivity index (χ1v) is 8.89. The van der Waals surface area contributed by atoms with Gasteiger partial charge in [-0.1, -0.05) is 13.8 Å². The number of methoxy groups -OCH3 is 1. The van der Waals surface area contributed by atoms with Gasteiger partial charge in [0.25, 0.3) is 5.91 Å². The lowest BCUT2D eigenvalue weighted by atomic mass is 9.97. The van der Waals surface area contributed by atoms with Crippen LogP contribution in [0.2, 0.25) is 0 Å². The number of fused-ring (bicyclic) bond motifs is 1. The lowest BCUT2D eigenvalue weighted by Gasteiger charge is -2.28. The predicted octanol–water partition coefficient (Wildman–Crippen LogP) is 1.67. The van der Waals surface area contributed by atoms with Crippen LogP contribution in [0.25, 0.3) is 0 Å². The van der Waals surface area contributed by atoms with Crippen LogP contribution in [0.4, 0.5) is 4.79 Å². The fourth-order valence-electron chi connectivity index (χ4n) is 3.11. The summed E-state index contributed by atoms with van der Waals surface area (Å²) < 4.78 is 4.77. The third-order valence-corrected chi connectivity index (χ3v) is 4.65. The number of rotatable bonds is 7. The van der Waals surface area contributed by atoms with Crippen molar-refractivity contribution in [3.63, 3.8) is 0 Å². The van der Waals surface area contributed by atoms with Crippen molar-refractivity contribution in [3.05, 3.63) is 29.1 Å². The zero-order valence-corrected chi connectivity index (χ0v) is 15.4. The fraction of sp³-hybridized carbons (Fsp3) is 0.611. The highest BCUT2D eigenvalue weighted by molar-refractivity contribution is 5.95.